The van der Waals surface area contributed by atoms with E-state index in [1.165, 1.54) is 0 Å². The van der Waals surface area contributed by atoms with E-state index in [9.17, 15) is 13.8 Å². The predicted octanol–water partition coefficient (Wildman–Crippen LogP) is 4.94. The number of amides is 2. The molecule has 1 atom stereocenters. The molecule has 2 fully saturated rings. The average Bonchev–Trinajstić information content (AvgIpc) is 3.52. The third-order valence-corrected chi connectivity index (χ3v) is 8.86. The molecule has 3 aromatic rings. The molecule has 7 nitrogen and oxygen atoms in total. The highest BCUT2D eigenvalue weighted by atomic mass is 35.5. The highest BCUT2D eigenvalue weighted by Gasteiger charge is 2.32. The molecule has 198 valence electrons. The molecule has 2 amide bonds. The molecule has 2 saturated heterocycles. The molecule has 1 aromatic heterocycles. The van der Waals surface area contributed by atoms with Gasteiger partial charge in [0.15, 0.2) is 11.0 Å². The summed E-state index contributed by atoms with van der Waals surface area (Å²) in [5.41, 5.74) is 1.94. The molecule has 3 heterocycles. The number of halogens is 1. The van der Waals surface area contributed by atoms with Crippen LogP contribution in [0.5, 0.6) is 0 Å². The standard InChI is InChI=1S/C29H31ClN4O3S/c30-24-10-8-22(9-11-24)21-34(38(37)26-6-2-1-3-7-26)25-12-13-27(31-20-25)29(36)33-18-14-23(15-19-33)28(35)32-16-4-5-17-32/h1-3,6-13,20,23H,4-5,14-19,21H2. The van der Waals surface area contributed by atoms with Gasteiger partial charge < -0.3 is 9.80 Å². The van der Waals surface area contributed by atoms with Crippen LogP contribution in [0.1, 0.15) is 41.7 Å². The zero-order valence-corrected chi connectivity index (χ0v) is 22.7. The fraction of sp³-hybridized carbons (Fsp3) is 0.345. The lowest BCUT2D eigenvalue weighted by Crippen LogP contribution is -2.44. The van der Waals surface area contributed by atoms with Gasteiger partial charge in [0.05, 0.1) is 23.3 Å². The molecule has 38 heavy (non-hydrogen) atoms. The first kappa shape index (κ1) is 26.4. The van der Waals surface area contributed by atoms with Gasteiger partial charge in [0, 0.05) is 37.1 Å². The van der Waals surface area contributed by atoms with Gasteiger partial charge in [-0.25, -0.2) is 9.19 Å². The fourth-order valence-electron chi connectivity index (χ4n) is 5.01. The van der Waals surface area contributed by atoms with Crippen LogP contribution >= 0.6 is 11.6 Å². The predicted molar refractivity (Wildman–Crippen MR) is 149 cm³/mol. The Bertz CT molecular complexity index is 1270. The average molecular weight is 551 g/mol. The van der Waals surface area contributed by atoms with Crippen LogP contribution in [0, 0.1) is 5.92 Å². The Morgan fingerprint density at radius 2 is 1.58 bits per heavy atom. The topological polar surface area (TPSA) is 73.8 Å². The first-order valence-electron chi connectivity index (χ1n) is 13.0. The van der Waals surface area contributed by atoms with Crippen molar-refractivity contribution >= 4 is 40.1 Å². The van der Waals surface area contributed by atoms with E-state index in [1.807, 2.05) is 59.5 Å². The molecular formula is C29H31ClN4O3S. The van der Waals surface area contributed by atoms with E-state index in [1.54, 1.807) is 27.5 Å². The number of rotatable bonds is 7. The Morgan fingerprint density at radius 1 is 0.895 bits per heavy atom. The van der Waals surface area contributed by atoms with Crippen LogP contribution in [0.2, 0.25) is 5.02 Å². The van der Waals surface area contributed by atoms with E-state index in [0.29, 0.717) is 53.8 Å². The number of pyridine rings is 1. The first-order chi connectivity index (χ1) is 18.5. The Kier molecular flexibility index (Phi) is 8.39. The number of carbonyl (C=O) groups is 2. The minimum atomic E-state index is -1.48. The van der Waals surface area contributed by atoms with Crippen LogP contribution in [0.3, 0.4) is 0 Å². The second-order valence-electron chi connectivity index (χ2n) is 9.73. The van der Waals surface area contributed by atoms with Gasteiger partial charge in [-0.3, -0.25) is 13.9 Å². The van der Waals surface area contributed by atoms with Gasteiger partial charge in [-0.05, 0) is 67.6 Å². The molecule has 0 aliphatic carbocycles. The zero-order valence-electron chi connectivity index (χ0n) is 21.2. The molecule has 0 bridgehead atoms. The highest BCUT2D eigenvalue weighted by molar-refractivity contribution is 7.86. The third-order valence-electron chi connectivity index (χ3n) is 7.19. The maximum Gasteiger partial charge on any atom is 0.272 e. The third kappa shape index (κ3) is 6.08. The SMILES string of the molecule is O=C(c1ccc(N(Cc2ccc(Cl)cc2)S(=O)c2ccccc2)cn1)N1CCC(C(=O)N2CCCC2)CC1. The summed E-state index contributed by atoms with van der Waals surface area (Å²) >= 11 is 6.05. The van der Waals surface area contributed by atoms with Crippen LogP contribution < -0.4 is 4.31 Å². The molecule has 0 spiro atoms. The number of piperidine rings is 1. The largest absolute Gasteiger partial charge is 0.342 e. The summed E-state index contributed by atoms with van der Waals surface area (Å²) in [4.78, 5) is 34.8. The van der Waals surface area contributed by atoms with Gasteiger partial charge in [-0.1, -0.05) is 41.9 Å². The molecule has 9 heteroatoms. The molecule has 5 rings (SSSR count). The Labute approximate surface area is 231 Å². The molecule has 2 aliphatic heterocycles. The van der Waals surface area contributed by atoms with Gasteiger partial charge >= 0.3 is 0 Å². The normalized spacial score (nSPS) is 16.9. The molecule has 0 N–H and O–H groups in total. The molecular weight excluding hydrogens is 520 g/mol. The number of aromatic nitrogens is 1. The number of anilines is 1. The number of benzene rings is 2. The van der Waals surface area contributed by atoms with Crippen molar-refractivity contribution in [3.63, 3.8) is 0 Å². The Morgan fingerprint density at radius 3 is 2.21 bits per heavy atom. The maximum absolute atomic E-state index is 13.5. The summed E-state index contributed by atoms with van der Waals surface area (Å²) in [5, 5.41) is 0.637. The van der Waals surface area contributed by atoms with Crippen molar-refractivity contribution < 1.29 is 13.8 Å². The number of nitrogens with zero attached hydrogens (tertiary/aromatic N) is 4. The number of hydrogen-bond acceptors (Lipinski definition) is 4. The monoisotopic (exact) mass is 550 g/mol. The number of hydrogen-bond donors (Lipinski definition) is 0. The zero-order chi connectivity index (χ0) is 26.5. The maximum atomic E-state index is 13.5. The summed E-state index contributed by atoms with van der Waals surface area (Å²) in [5.74, 6) is 0.100. The van der Waals surface area contributed by atoms with E-state index in [4.69, 9.17) is 11.6 Å². The van der Waals surface area contributed by atoms with Crippen LogP contribution in [0.15, 0.2) is 77.8 Å². The summed E-state index contributed by atoms with van der Waals surface area (Å²) in [6, 6.07) is 20.2. The lowest BCUT2D eigenvalue weighted by molar-refractivity contribution is -0.135. The second kappa shape index (κ2) is 12.1. The van der Waals surface area contributed by atoms with Gasteiger partial charge in [0.1, 0.15) is 5.69 Å². The van der Waals surface area contributed by atoms with Crippen molar-refractivity contribution in [2.24, 2.45) is 5.92 Å². The minimum Gasteiger partial charge on any atom is -0.342 e. The van der Waals surface area contributed by atoms with E-state index in [2.05, 4.69) is 4.98 Å². The smallest absolute Gasteiger partial charge is 0.272 e. The lowest BCUT2D eigenvalue weighted by atomic mass is 9.95. The van der Waals surface area contributed by atoms with Crippen molar-refractivity contribution in [3.8, 4) is 0 Å². The van der Waals surface area contributed by atoms with Crippen LogP contribution in [-0.4, -0.2) is 57.0 Å². The van der Waals surface area contributed by atoms with E-state index in [0.717, 1.165) is 31.5 Å². The Hall–Kier alpha value is -3.23. The van der Waals surface area contributed by atoms with Crippen molar-refractivity contribution in [1.29, 1.82) is 0 Å². The van der Waals surface area contributed by atoms with Crippen molar-refractivity contribution in [3.05, 3.63) is 89.2 Å². The summed E-state index contributed by atoms with van der Waals surface area (Å²) in [6.07, 6.45) is 5.14. The highest BCUT2D eigenvalue weighted by Crippen LogP contribution is 2.26. The van der Waals surface area contributed by atoms with Crippen LogP contribution in [0.25, 0.3) is 0 Å². The Balaban J connectivity index is 1.28. The molecule has 1 unspecified atom stereocenters. The summed E-state index contributed by atoms with van der Waals surface area (Å²) < 4.78 is 15.3. The molecule has 2 aromatic carbocycles. The van der Waals surface area contributed by atoms with Gasteiger partial charge in [-0.2, -0.15) is 0 Å². The summed E-state index contributed by atoms with van der Waals surface area (Å²) in [6.45, 7) is 3.20. The fourth-order valence-corrected chi connectivity index (χ4v) is 6.35. The van der Waals surface area contributed by atoms with Crippen molar-refractivity contribution in [2.75, 3.05) is 30.5 Å². The quantitative estimate of drug-likeness (QED) is 0.418. The summed E-state index contributed by atoms with van der Waals surface area (Å²) in [7, 11) is -1.48. The van der Waals surface area contributed by atoms with Crippen molar-refractivity contribution in [1.82, 2.24) is 14.8 Å². The van der Waals surface area contributed by atoms with Crippen LogP contribution in [0.4, 0.5) is 5.69 Å². The minimum absolute atomic E-state index is 0.00174. The van der Waals surface area contributed by atoms with Gasteiger partial charge in [0.25, 0.3) is 5.91 Å². The molecule has 2 aliphatic rings. The van der Waals surface area contributed by atoms with Gasteiger partial charge in [-0.15, -0.1) is 0 Å². The second-order valence-corrected chi connectivity index (χ2v) is 11.6. The molecule has 0 saturated carbocycles. The van der Waals surface area contributed by atoms with E-state index >= 15 is 0 Å². The van der Waals surface area contributed by atoms with E-state index in [-0.39, 0.29) is 17.7 Å². The first-order valence-corrected chi connectivity index (χ1v) is 14.5. The van der Waals surface area contributed by atoms with E-state index < -0.39 is 11.0 Å². The number of likely N-dealkylation sites (tertiary alicyclic amines) is 2. The van der Waals surface area contributed by atoms with Gasteiger partial charge in [0.2, 0.25) is 5.91 Å². The lowest BCUT2D eigenvalue weighted by Gasteiger charge is -2.33. The van der Waals surface area contributed by atoms with Crippen molar-refractivity contribution in [2.45, 2.75) is 37.1 Å². The van der Waals surface area contributed by atoms with Crippen LogP contribution in [-0.2, 0) is 22.3 Å². The number of carbonyl (C=O) groups excluding carboxylic acids is 2. The molecule has 0 radical (unpaired) electrons.